The van der Waals surface area contributed by atoms with Gasteiger partial charge in [0, 0.05) is 24.6 Å². The Hall–Kier alpha value is -2.65. The van der Waals surface area contributed by atoms with Crippen molar-refractivity contribution in [3.05, 3.63) is 48.7 Å². The van der Waals surface area contributed by atoms with E-state index in [1.54, 1.807) is 24.7 Å². The third kappa shape index (κ3) is 4.60. The number of carbonyl (C=O) groups excluding carboxylic acids is 1. The number of aromatic nitrogens is 4. The zero-order valence-electron chi connectivity index (χ0n) is 15.3. The van der Waals surface area contributed by atoms with E-state index in [-0.39, 0.29) is 17.8 Å². The average molecular weight is 399 g/mol. The largest absolute Gasteiger partial charge is 0.467 e. The zero-order chi connectivity index (χ0) is 19.2. The van der Waals surface area contributed by atoms with Gasteiger partial charge < -0.3 is 14.5 Å². The lowest BCUT2D eigenvalue weighted by atomic mass is 10.2. The summed E-state index contributed by atoms with van der Waals surface area (Å²) in [7, 11) is 0. The van der Waals surface area contributed by atoms with E-state index in [0.717, 1.165) is 36.6 Å². The van der Waals surface area contributed by atoms with Crippen molar-refractivity contribution in [1.29, 1.82) is 0 Å². The van der Waals surface area contributed by atoms with Crippen LogP contribution in [-0.4, -0.2) is 44.1 Å². The molecule has 1 saturated heterocycles. The first-order valence-corrected chi connectivity index (χ1v) is 10.2. The molecule has 8 nitrogen and oxygen atoms in total. The van der Waals surface area contributed by atoms with Crippen LogP contribution in [0.2, 0.25) is 0 Å². The minimum Gasteiger partial charge on any atom is -0.467 e. The Bertz CT molecular complexity index is 892. The number of amides is 1. The van der Waals surface area contributed by atoms with Gasteiger partial charge >= 0.3 is 0 Å². The minimum absolute atomic E-state index is 0.0847. The molecule has 3 aromatic heterocycles. The fourth-order valence-electron chi connectivity index (χ4n) is 3.05. The first-order chi connectivity index (χ1) is 13.8. The predicted molar refractivity (Wildman–Crippen MR) is 104 cm³/mol. The van der Waals surface area contributed by atoms with Gasteiger partial charge in [-0.15, -0.1) is 10.2 Å². The van der Waals surface area contributed by atoms with E-state index in [0.29, 0.717) is 18.2 Å². The first-order valence-electron chi connectivity index (χ1n) is 9.16. The van der Waals surface area contributed by atoms with Crippen molar-refractivity contribution in [1.82, 2.24) is 25.1 Å². The summed E-state index contributed by atoms with van der Waals surface area (Å²) in [5.41, 5.74) is 0.939. The minimum atomic E-state index is -0.0847. The maximum Gasteiger partial charge on any atom is 0.230 e. The lowest BCUT2D eigenvalue weighted by Gasteiger charge is -2.14. The van der Waals surface area contributed by atoms with Crippen LogP contribution >= 0.6 is 11.8 Å². The molecule has 0 bridgehead atoms. The van der Waals surface area contributed by atoms with Gasteiger partial charge in [-0.1, -0.05) is 11.8 Å². The number of carbonyl (C=O) groups is 1. The van der Waals surface area contributed by atoms with E-state index in [4.69, 9.17) is 9.15 Å². The Morgan fingerprint density at radius 2 is 2.18 bits per heavy atom. The van der Waals surface area contributed by atoms with Crippen molar-refractivity contribution >= 4 is 17.7 Å². The molecule has 0 unspecified atom stereocenters. The smallest absolute Gasteiger partial charge is 0.230 e. The van der Waals surface area contributed by atoms with Crippen LogP contribution in [0.4, 0.5) is 0 Å². The standard InChI is InChI=1S/C19H21N5O3S/c25-17(21-11-15-3-1-9-26-15)13-28-19-23-22-18(14-5-7-20-8-6-14)24(19)12-16-4-2-10-27-16/h1,3,5-9,16H,2,4,10-13H2,(H,21,25)/t16-/m0/s1. The SMILES string of the molecule is O=C(CSc1nnc(-c2ccncc2)n1C[C@@H]1CCCO1)NCc1ccco1. The van der Waals surface area contributed by atoms with Crippen molar-refractivity contribution in [2.45, 2.75) is 37.2 Å². The molecule has 0 saturated carbocycles. The molecule has 1 N–H and O–H groups in total. The van der Waals surface area contributed by atoms with E-state index >= 15 is 0 Å². The van der Waals surface area contributed by atoms with Crippen LogP contribution in [-0.2, 0) is 22.6 Å². The Morgan fingerprint density at radius 1 is 1.29 bits per heavy atom. The first kappa shape index (κ1) is 18.7. The number of furan rings is 1. The van der Waals surface area contributed by atoms with Gasteiger partial charge in [0.2, 0.25) is 5.91 Å². The van der Waals surface area contributed by atoms with Crippen molar-refractivity contribution in [2.24, 2.45) is 0 Å². The Morgan fingerprint density at radius 3 is 2.93 bits per heavy atom. The van der Waals surface area contributed by atoms with Crippen molar-refractivity contribution in [3.63, 3.8) is 0 Å². The van der Waals surface area contributed by atoms with Crippen LogP contribution in [0.3, 0.4) is 0 Å². The van der Waals surface area contributed by atoms with Gasteiger partial charge in [-0.25, -0.2) is 0 Å². The second-order valence-corrected chi connectivity index (χ2v) is 7.37. The lowest BCUT2D eigenvalue weighted by Crippen LogP contribution is -2.24. The number of pyridine rings is 1. The van der Waals surface area contributed by atoms with Crippen LogP contribution < -0.4 is 5.32 Å². The molecule has 0 aliphatic carbocycles. The molecule has 1 aliphatic rings. The molecule has 1 amide bonds. The van der Waals surface area contributed by atoms with Crippen molar-refractivity contribution in [3.8, 4) is 11.4 Å². The maximum atomic E-state index is 12.2. The summed E-state index contributed by atoms with van der Waals surface area (Å²) in [4.78, 5) is 16.2. The third-order valence-electron chi connectivity index (χ3n) is 4.44. The molecule has 1 aliphatic heterocycles. The van der Waals surface area contributed by atoms with Gasteiger partial charge in [0.05, 0.1) is 31.2 Å². The number of nitrogens with zero attached hydrogens (tertiary/aromatic N) is 4. The number of hydrogen-bond acceptors (Lipinski definition) is 7. The monoisotopic (exact) mass is 399 g/mol. The fraction of sp³-hybridized carbons (Fsp3) is 0.368. The molecule has 4 rings (SSSR count). The van der Waals surface area contributed by atoms with Crippen LogP contribution in [0.1, 0.15) is 18.6 Å². The van der Waals surface area contributed by atoms with Crippen LogP contribution in [0, 0.1) is 0 Å². The fourth-order valence-corrected chi connectivity index (χ4v) is 3.82. The average Bonchev–Trinajstić information content (AvgIpc) is 3.48. The summed E-state index contributed by atoms with van der Waals surface area (Å²) in [6.07, 6.45) is 7.27. The van der Waals surface area contributed by atoms with E-state index in [9.17, 15) is 4.79 Å². The molecule has 0 spiro atoms. The normalized spacial score (nSPS) is 16.4. The zero-order valence-corrected chi connectivity index (χ0v) is 16.1. The number of hydrogen-bond donors (Lipinski definition) is 1. The van der Waals surface area contributed by atoms with Gasteiger partial charge in [-0.3, -0.25) is 14.3 Å². The third-order valence-corrected chi connectivity index (χ3v) is 5.40. The molecule has 28 heavy (non-hydrogen) atoms. The maximum absolute atomic E-state index is 12.2. The second-order valence-electron chi connectivity index (χ2n) is 6.43. The van der Waals surface area contributed by atoms with Crippen LogP contribution in [0.25, 0.3) is 11.4 Å². The van der Waals surface area contributed by atoms with Gasteiger partial charge in [-0.05, 0) is 37.1 Å². The molecular weight excluding hydrogens is 378 g/mol. The summed E-state index contributed by atoms with van der Waals surface area (Å²) < 4.78 is 13.1. The molecule has 0 radical (unpaired) electrons. The highest BCUT2D eigenvalue weighted by Crippen LogP contribution is 2.26. The number of ether oxygens (including phenoxy) is 1. The molecule has 1 fully saturated rings. The summed E-state index contributed by atoms with van der Waals surface area (Å²) in [6.45, 7) is 1.83. The molecule has 146 valence electrons. The van der Waals surface area contributed by atoms with E-state index in [1.165, 1.54) is 11.8 Å². The van der Waals surface area contributed by atoms with Crippen LogP contribution in [0.5, 0.6) is 0 Å². The summed E-state index contributed by atoms with van der Waals surface area (Å²) in [5, 5.41) is 12.2. The highest BCUT2D eigenvalue weighted by molar-refractivity contribution is 7.99. The van der Waals surface area contributed by atoms with Crippen molar-refractivity contribution in [2.75, 3.05) is 12.4 Å². The summed E-state index contributed by atoms with van der Waals surface area (Å²) in [5.74, 6) is 1.65. The van der Waals surface area contributed by atoms with Gasteiger partial charge in [-0.2, -0.15) is 0 Å². The molecule has 4 heterocycles. The van der Waals surface area contributed by atoms with E-state index in [2.05, 4.69) is 20.5 Å². The van der Waals surface area contributed by atoms with Gasteiger partial charge in [0.15, 0.2) is 11.0 Å². The molecule has 1 atom stereocenters. The van der Waals surface area contributed by atoms with Crippen LogP contribution in [0.15, 0.2) is 52.5 Å². The lowest BCUT2D eigenvalue weighted by molar-refractivity contribution is -0.118. The molecule has 3 aromatic rings. The van der Waals surface area contributed by atoms with E-state index < -0.39 is 0 Å². The topological polar surface area (TPSA) is 95.1 Å². The number of rotatable bonds is 8. The van der Waals surface area contributed by atoms with Crippen molar-refractivity contribution < 1.29 is 13.9 Å². The highest BCUT2D eigenvalue weighted by atomic mass is 32.2. The Labute approximate surface area is 166 Å². The van der Waals surface area contributed by atoms with Gasteiger partial charge in [0.25, 0.3) is 0 Å². The summed E-state index contributed by atoms with van der Waals surface area (Å²) >= 11 is 1.37. The highest BCUT2D eigenvalue weighted by Gasteiger charge is 2.22. The molecule has 0 aromatic carbocycles. The molecular formula is C19H21N5O3S. The Kier molecular flexibility index (Phi) is 6.03. The Balaban J connectivity index is 1.44. The quantitative estimate of drug-likeness (QED) is 0.582. The predicted octanol–water partition coefficient (Wildman–Crippen LogP) is 2.52. The number of thioether (sulfide) groups is 1. The summed E-state index contributed by atoms with van der Waals surface area (Å²) in [6, 6.07) is 7.43. The molecule has 9 heteroatoms. The van der Waals surface area contributed by atoms with Gasteiger partial charge in [0.1, 0.15) is 5.76 Å². The second kappa shape index (κ2) is 9.03. The van der Waals surface area contributed by atoms with E-state index in [1.807, 2.05) is 22.8 Å². The number of nitrogens with one attached hydrogen (secondary N) is 1.